The van der Waals surface area contributed by atoms with Crippen LogP contribution in [0.4, 0.5) is 0 Å². The van der Waals surface area contributed by atoms with Crippen LogP contribution in [-0.2, 0) is 4.79 Å². The quantitative estimate of drug-likeness (QED) is 0.426. The predicted molar refractivity (Wildman–Crippen MR) is 40.5 cm³/mol. The first kappa shape index (κ1) is 7.85. The van der Waals surface area contributed by atoms with E-state index in [-0.39, 0.29) is 5.82 Å². The number of hydrogen-bond acceptors (Lipinski definition) is 4. The Morgan fingerprint density at radius 3 is 2.80 bits per heavy atom. The largest absolute Gasteiger partial charge is 0.459 e. The molecule has 0 aromatic heterocycles. The zero-order valence-electron chi connectivity index (χ0n) is 5.23. The third-order valence-corrected chi connectivity index (χ3v) is 2.44. The smallest absolute Gasteiger partial charge is 0.427 e. The minimum atomic E-state index is -1.33. The average Bonchev–Trinajstić information content (AvgIpc) is 2.34. The second-order valence-corrected chi connectivity index (χ2v) is 3.17. The van der Waals surface area contributed by atoms with Crippen molar-refractivity contribution in [2.75, 3.05) is 5.75 Å². The normalized spacial score (nSPS) is 24.2. The van der Waals surface area contributed by atoms with E-state index in [4.69, 9.17) is 10.0 Å². The third kappa shape index (κ3) is 1.62. The van der Waals surface area contributed by atoms with E-state index in [0.29, 0.717) is 10.7 Å². The lowest BCUT2D eigenvalue weighted by Crippen LogP contribution is -2.18. The van der Waals surface area contributed by atoms with E-state index in [1.165, 1.54) is 11.8 Å². The van der Waals surface area contributed by atoms with Crippen LogP contribution in [0.15, 0.2) is 11.0 Å². The Labute approximate surface area is 63.3 Å². The second-order valence-electron chi connectivity index (χ2n) is 2.08. The molecule has 0 spiro atoms. The van der Waals surface area contributed by atoms with E-state index < -0.39 is 7.12 Å². The van der Waals surface area contributed by atoms with Crippen LogP contribution < -0.4 is 0 Å². The molecule has 10 heavy (non-hydrogen) atoms. The standard InChI is InChI=1S/C5H7BO3S/c7-2-5-1-4(3-10-5)6(8)9/h1-2,4,8-9H,3H2. The Kier molecular flexibility index (Phi) is 2.53. The first-order valence-corrected chi connectivity index (χ1v) is 3.88. The maximum atomic E-state index is 10.1. The van der Waals surface area contributed by atoms with Crippen LogP contribution in [0.3, 0.4) is 0 Å². The highest BCUT2D eigenvalue weighted by molar-refractivity contribution is 8.04. The summed E-state index contributed by atoms with van der Waals surface area (Å²) >= 11 is 1.35. The Balaban J connectivity index is 2.54. The van der Waals surface area contributed by atoms with Crippen molar-refractivity contribution in [2.45, 2.75) is 5.82 Å². The van der Waals surface area contributed by atoms with Crippen LogP contribution >= 0.6 is 11.8 Å². The fourth-order valence-electron chi connectivity index (χ4n) is 0.745. The van der Waals surface area contributed by atoms with Gasteiger partial charge in [0, 0.05) is 16.5 Å². The van der Waals surface area contributed by atoms with Crippen LogP contribution in [-0.4, -0.2) is 29.2 Å². The van der Waals surface area contributed by atoms with Crippen molar-refractivity contribution in [3.8, 4) is 0 Å². The molecular formula is C5H7BO3S. The van der Waals surface area contributed by atoms with Crippen LogP contribution in [0.25, 0.3) is 0 Å². The van der Waals surface area contributed by atoms with Crippen LogP contribution in [0.1, 0.15) is 0 Å². The zero-order chi connectivity index (χ0) is 7.56. The molecule has 3 nitrogen and oxygen atoms in total. The van der Waals surface area contributed by atoms with Crippen LogP contribution in [0.5, 0.6) is 0 Å². The van der Waals surface area contributed by atoms with Gasteiger partial charge in [-0.25, -0.2) is 0 Å². The predicted octanol–water partition coefficient (Wildman–Crippen LogP) is -0.341. The molecule has 0 aromatic rings. The highest BCUT2D eigenvalue weighted by Gasteiger charge is 2.26. The molecule has 5 heteroatoms. The van der Waals surface area contributed by atoms with Gasteiger partial charge >= 0.3 is 7.12 Å². The summed E-state index contributed by atoms with van der Waals surface area (Å²) in [6.45, 7) is 0. The van der Waals surface area contributed by atoms with Crippen molar-refractivity contribution in [2.24, 2.45) is 0 Å². The van der Waals surface area contributed by atoms with Crippen molar-refractivity contribution in [1.29, 1.82) is 0 Å². The number of carbonyl (C=O) groups excluding carboxylic acids is 1. The second kappa shape index (κ2) is 3.23. The molecule has 1 rings (SSSR count). The fourth-order valence-corrected chi connectivity index (χ4v) is 1.74. The Bertz CT molecular complexity index is 168. The van der Waals surface area contributed by atoms with Crippen molar-refractivity contribution in [3.63, 3.8) is 0 Å². The molecular weight excluding hydrogens is 151 g/mol. The molecule has 1 heterocycles. The third-order valence-electron chi connectivity index (χ3n) is 1.32. The molecule has 0 bridgehead atoms. The van der Waals surface area contributed by atoms with Gasteiger partial charge < -0.3 is 10.0 Å². The van der Waals surface area contributed by atoms with Gasteiger partial charge in [0.15, 0.2) is 6.29 Å². The Morgan fingerprint density at radius 2 is 2.50 bits per heavy atom. The van der Waals surface area contributed by atoms with Crippen molar-refractivity contribution in [1.82, 2.24) is 0 Å². The first-order valence-electron chi connectivity index (χ1n) is 2.90. The summed E-state index contributed by atoms with van der Waals surface area (Å²) in [5.41, 5.74) is 0. The highest BCUT2D eigenvalue weighted by Crippen LogP contribution is 2.31. The summed E-state index contributed by atoms with van der Waals surface area (Å²) in [5, 5.41) is 17.3. The molecule has 0 saturated carbocycles. The highest BCUT2D eigenvalue weighted by atomic mass is 32.2. The lowest BCUT2D eigenvalue weighted by Gasteiger charge is -2.00. The van der Waals surface area contributed by atoms with Crippen molar-refractivity contribution >= 4 is 25.2 Å². The van der Waals surface area contributed by atoms with Gasteiger partial charge in [-0.1, -0.05) is 6.08 Å². The molecule has 1 atom stereocenters. The lowest BCUT2D eigenvalue weighted by molar-refractivity contribution is -0.104. The monoisotopic (exact) mass is 158 g/mol. The van der Waals surface area contributed by atoms with Gasteiger partial charge in [0.2, 0.25) is 0 Å². The molecule has 0 fully saturated rings. The summed E-state index contributed by atoms with van der Waals surface area (Å²) in [6.07, 6.45) is 2.31. The van der Waals surface area contributed by atoms with E-state index in [0.717, 1.165) is 6.29 Å². The zero-order valence-corrected chi connectivity index (χ0v) is 6.04. The molecule has 0 aromatic carbocycles. The fraction of sp³-hybridized carbons (Fsp3) is 0.400. The van der Waals surface area contributed by atoms with Gasteiger partial charge in [-0.3, -0.25) is 4.79 Å². The summed E-state index contributed by atoms with van der Waals surface area (Å²) in [6, 6.07) is 0. The molecule has 2 N–H and O–H groups in total. The molecule has 1 aliphatic rings. The van der Waals surface area contributed by atoms with Crippen molar-refractivity contribution in [3.05, 3.63) is 11.0 Å². The SMILES string of the molecule is O=CC1=CC(B(O)O)CS1. The van der Waals surface area contributed by atoms with Gasteiger partial charge in [0.1, 0.15) is 0 Å². The summed E-state index contributed by atoms with van der Waals surface area (Å²) in [5.74, 6) is 0.316. The minimum Gasteiger partial charge on any atom is -0.427 e. The molecule has 1 aliphatic heterocycles. The molecule has 0 aliphatic carbocycles. The van der Waals surface area contributed by atoms with E-state index in [1.54, 1.807) is 6.08 Å². The van der Waals surface area contributed by atoms with Gasteiger partial charge in [-0.15, -0.1) is 11.8 Å². The summed E-state index contributed by atoms with van der Waals surface area (Å²) in [7, 11) is -1.33. The molecule has 0 amide bonds. The summed E-state index contributed by atoms with van der Waals surface area (Å²) < 4.78 is 0. The topological polar surface area (TPSA) is 57.5 Å². The average molecular weight is 158 g/mol. The van der Waals surface area contributed by atoms with Gasteiger partial charge in [0.05, 0.1) is 0 Å². The number of rotatable bonds is 2. The Morgan fingerprint density at radius 1 is 1.80 bits per heavy atom. The first-order chi connectivity index (χ1) is 4.74. The van der Waals surface area contributed by atoms with Crippen LogP contribution in [0, 0.1) is 0 Å². The number of carbonyl (C=O) groups is 1. The van der Waals surface area contributed by atoms with E-state index in [1.807, 2.05) is 0 Å². The number of aldehydes is 1. The van der Waals surface area contributed by atoms with E-state index in [9.17, 15) is 4.79 Å². The maximum absolute atomic E-state index is 10.1. The molecule has 1 unspecified atom stereocenters. The van der Waals surface area contributed by atoms with Crippen molar-refractivity contribution < 1.29 is 14.8 Å². The van der Waals surface area contributed by atoms with E-state index >= 15 is 0 Å². The maximum Gasteiger partial charge on any atom is 0.459 e. The number of hydrogen-bond donors (Lipinski definition) is 2. The number of allylic oxidation sites excluding steroid dienone is 2. The van der Waals surface area contributed by atoms with E-state index in [2.05, 4.69) is 0 Å². The number of thioether (sulfide) groups is 1. The van der Waals surface area contributed by atoms with Gasteiger partial charge in [-0.2, -0.15) is 0 Å². The minimum absolute atomic E-state index is 0.273. The van der Waals surface area contributed by atoms with Gasteiger partial charge in [-0.05, 0) is 0 Å². The van der Waals surface area contributed by atoms with Gasteiger partial charge in [0.25, 0.3) is 0 Å². The molecule has 0 saturated heterocycles. The van der Waals surface area contributed by atoms with Crippen LogP contribution in [0.2, 0.25) is 5.82 Å². The Hall–Kier alpha value is -0.255. The molecule has 54 valence electrons. The lowest BCUT2D eigenvalue weighted by atomic mass is 9.74. The molecule has 0 radical (unpaired) electrons. The summed E-state index contributed by atoms with van der Waals surface area (Å²) in [4.78, 5) is 10.7.